The summed E-state index contributed by atoms with van der Waals surface area (Å²) in [6.07, 6.45) is 3.67. The molecular weight excluding hydrogens is 218 g/mol. The van der Waals surface area contributed by atoms with E-state index in [2.05, 4.69) is 4.74 Å². The Kier molecular flexibility index (Phi) is 3.52. The van der Waals surface area contributed by atoms with Gasteiger partial charge in [-0.15, -0.1) is 0 Å². The second kappa shape index (κ2) is 5.08. The Morgan fingerprint density at radius 1 is 1.47 bits per heavy atom. The van der Waals surface area contributed by atoms with Gasteiger partial charge in [0, 0.05) is 0 Å². The highest BCUT2D eigenvalue weighted by molar-refractivity contribution is 5.96. The molecule has 0 bridgehead atoms. The van der Waals surface area contributed by atoms with Gasteiger partial charge in [-0.2, -0.15) is 0 Å². The first-order chi connectivity index (χ1) is 8.22. The largest absolute Gasteiger partial charge is 0.491 e. The first kappa shape index (κ1) is 11.8. The van der Waals surface area contributed by atoms with Gasteiger partial charge in [-0.3, -0.25) is 0 Å². The molecule has 1 aliphatic carbocycles. The van der Waals surface area contributed by atoms with E-state index in [-0.39, 0.29) is 0 Å². The molecule has 2 N–H and O–H groups in total. The van der Waals surface area contributed by atoms with Gasteiger partial charge in [0.15, 0.2) is 0 Å². The van der Waals surface area contributed by atoms with E-state index in [4.69, 9.17) is 10.5 Å². The van der Waals surface area contributed by atoms with Crippen LogP contribution in [0.4, 0.5) is 5.69 Å². The number of ether oxygens (including phenoxy) is 2. The van der Waals surface area contributed by atoms with Crippen LogP contribution >= 0.6 is 0 Å². The molecule has 4 heteroatoms. The number of nitrogens with two attached hydrogens (primary N) is 1. The van der Waals surface area contributed by atoms with Crippen LogP contribution in [0.15, 0.2) is 18.2 Å². The third-order valence-corrected chi connectivity index (χ3v) is 2.95. The smallest absolute Gasteiger partial charge is 0.340 e. The molecule has 1 aromatic rings. The zero-order valence-electron chi connectivity index (χ0n) is 9.94. The van der Waals surface area contributed by atoms with Crippen LogP contribution in [0.2, 0.25) is 0 Å². The van der Waals surface area contributed by atoms with E-state index in [0.29, 0.717) is 23.6 Å². The normalized spacial score (nSPS) is 14.4. The van der Waals surface area contributed by atoms with Crippen molar-refractivity contribution in [3.05, 3.63) is 23.8 Å². The monoisotopic (exact) mass is 235 g/mol. The molecule has 1 aromatic carbocycles. The SMILES string of the molecule is COC(=O)c1cccc(OCCC2CC2)c1N. The molecule has 2 rings (SSSR count). The Labute approximate surface area is 101 Å². The second-order valence-corrected chi connectivity index (χ2v) is 4.29. The molecule has 17 heavy (non-hydrogen) atoms. The fraction of sp³-hybridized carbons (Fsp3) is 0.462. The first-order valence-corrected chi connectivity index (χ1v) is 5.82. The van der Waals surface area contributed by atoms with Crippen LogP contribution in [-0.2, 0) is 4.74 Å². The molecular formula is C13H17NO3. The molecule has 0 heterocycles. The highest BCUT2D eigenvalue weighted by Crippen LogP contribution is 2.33. The molecule has 0 radical (unpaired) electrons. The van der Waals surface area contributed by atoms with E-state index in [1.54, 1.807) is 18.2 Å². The van der Waals surface area contributed by atoms with Gasteiger partial charge in [0.05, 0.1) is 25.0 Å². The van der Waals surface area contributed by atoms with Crippen molar-refractivity contribution in [2.45, 2.75) is 19.3 Å². The second-order valence-electron chi connectivity index (χ2n) is 4.29. The minimum atomic E-state index is -0.435. The lowest BCUT2D eigenvalue weighted by Gasteiger charge is -2.11. The Balaban J connectivity index is 2.02. The summed E-state index contributed by atoms with van der Waals surface area (Å²) in [5.74, 6) is 0.948. The molecule has 0 amide bonds. The summed E-state index contributed by atoms with van der Waals surface area (Å²) >= 11 is 0. The predicted molar refractivity (Wildman–Crippen MR) is 65.0 cm³/mol. The van der Waals surface area contributed by atoms with Gasteiger partial charge in [0.25, 0.3) is 0 Å². The number of esters is 1. The number of anilines is 1. The van der Waals surface area contributed by atoms with E-state index >= 15 is 0 Å². The highest BCUT2D eigenvalue weighted by Gasteiger charge is 2.21. The molecule has 0 aromatic heterocycles. The minimum absolute atomic E-state index is 0.357. The maximum absolute atomic E-state index is 11.4. The van der Waals surface area contributed by atoms with E-state index in [1.807, 2.05) is 0 Å². The number of carbonyl (C=O) groups is 1. The summed E-state index contributed by atoms with van der Waals surface area (Å²) in [7, 11) is 1.34. The van der Waals surface area contributed by atoms with Gasteiger partial charge in [-0.1, -0.05) is 18.9 Å². The van der Waals surface area contributed by atoms with Crippen molar-refractivity contribution in [1.29, 1.82) is 0 Å². The van der Waals surface area contributed by atoms with Crippen molar-refractivity contribution in [2.75, 3.05) is 19.5 Å². The number of benzene rings is 1. The molecule has 92 valence electrons. The summed E-state index contributed by atoms with van der Waals surface area (Å²) in [6, 6.07) is 5.15. The third-order valence-electron chi connectivity index (χ3n) is 2.95. The molecule has 0 aliphatic heterocycles. The van der Waals surface area contributed by atoms with Gasteiger partial charge in [0.2, 0.25) is 0 Å². The first-order valence-electron chi connectivity index (χ1n) is 5.82. The zero-order chi connectivity index (χ0) is 12.3. The van der Waals surface area contributed by atoms with Crippen LogP contribution in [0.3, 0.4) is 0 Å². The quantitative estimate of drug-likeness (QED) is 0.628. The summed E-state index contributed by atoms with van der Waals surface area (Å²) < 4.78 is 10.2. The van der Waals surface area contributed by atoms with Gasteiger partial charge in [-0.05, 0) is 24.5 Å². The number of nitrogen functional groups attached to an aromatic ring is 1. The lowest BCUT2D eigenvalue weighted by molar-refractivity contribution is 0.0601. The van der Waals surface area contributed by atoms with Crippen LogP contribution < -0.4 is 10.5 Å². The van der Waals surface area contributed by atoms with Gasteiger partial charge in [-0.25, -0.2) is 4.79 Å². The molecule has 0 spiro atoms. The summed E-state index contributed by atoms with van der Waals surface area (Å²) in [5, 5.41) is 0. The number of carbonyl (C=O) groups excluding carboxylic acids is 1. The van der Waals surface area contributed by atoms with Crippen molar-refractivity contribution < 1.29 is 14.3 Å². The highest BCUT2D eigenvalue weighted by atomic mass is 16.5. The number of rotatable bonds is 5. The number of hydrogen-bond donors (Lipinski definition) is 1. The number of hydrogen-bond acceptors (Lipinski definition) is 4. The fourth-order valence-corrected chi connectivity index (χ4v) is 1.70. The van der Waals surface area contributed by atoms with Crippen molar-refractivity contribution >= 4 is 11.7 Å². The maximum Gasteiger partial charge on any atom is 0.340 e. The minimum Gasteiger partial charge on any atom is -0.491 e. The predicted octanol–water partition coefficient (Wildman–Crippen LogP) is 2.23. The van der Waals surface area contributed by atoms with Crippen LogP contribution in [0.5, 0.6) is 5.75 Å². The zero-order valence-corrected chi connectivity index (χ0v) is 9.94. The lowest BCUT2D eigenvalue weighted by Crippen LogP contribution is -2.08. The van der Waals surface area contributed by atoms with E-state index in [9.17, 15) is 4.79 Å². The van der Waals surface area contributed by atoms with Crippen LogP contribution in [0.1, 0.15) is 29.6 Å². The van der Waals surface area contributed by atoms with Crippen molar-refractivity contribution in [3.63, 3.8) is 0 Å². The van der Waals surface area contributed by atoms with Gasteiger partial charge >= 0.3 is 5.97 Å². The van der Waals surface area contributed by atoms with Crippen molar-refractivity contribution in [1.82, 2.24) is 0 Å². The summed E-state index contributed by atoms with van der Waals surface area (Å²) in [6.45, 7) is 0.652. The van der Waals surface area contributed by atoms with Crippen molar-refractivity contribution in [2.24, 2.45) is 5.92 Å². The third kappa shape index (κ3) is 2.90. The molecule has 0 atom stereocenters. The molecule has 0 unspecified atom stereocenters. The van der Waals surface area contributed by atoms with Gasteiger partial charge in [0.1, 0.15) is 5.75 Å². The summed E-state index contributed by atoms with van der Waals surface area (Å²) in [5.41, 5.74) is 6.58. The Morgan fingerprint density at radius 3 is 2.88 bits per heavy atom. The summed E-state index contributed by atoms with van der Waals surface area (Å²) in [4.78, 5) is 11.4. The molecule has 1 aliphatic rings. The van der Waals surface area contributed by atoms with E-state index in [0.717, 1.165) is 12.3 Å². The van der Waals surface area contributed by atoms with E-state index in [1.165, 1.54) is 20.0 Å². The van der Waals surface area contributed by atoms with Crippen LogP contribution in [-0.4, -0.2) is 19.7 Å². The Bertz CT molecular complexity index is 413. The molecule has 1 fully saturated rings. The Hall–Kier alpha value is -1.71. The average Bonchev–Trinajstić information content (AvgIpc) is 3.14. The topological polar surface area (TPSA) is 61.5 Å². The maximum atomic E-state index is 11.4. The average molecular weight is 235 g/mol. The van der Waals surface area contributed by atoms with Gasteiger partial charge < -0.3 is 15.2 Å². The molecule has 4 nitrogen and oxygen atoms in total. The number of para-hydroxylation sites is 1. The molecule has 1 saturated carbocycles. The Morgan fingerprint density at radius 2 is 2.24 bits per heavy atom. The molecule has 0 saturated heterocycles. The van der Waals surface area contributed by atoms with Crippen LogP contribution in [0, 0.1) is 5.92 Å². The van der Waals surface area contributed by atoms with Crippen LogP contribution in [0.25, 0.3) is 0 Å². The standard InChI is InChI=1S/C13H17NO3/c1-16-13(15)10-3-2-4-11(12(10)14)17-8-7-9-5-6-9/h2-4,9H,5-8,14H2,1H3. The van der Waals surface area contributed by atoms with Crippen molar-refractivity contribution in [3.8, 4) is 5.75 Å². The lowest BCUT2D eigenvalue weighted by atomic mass is 10.1. The fourth-order valence-electron chi connectivity index (χ4n) is 1.70. The number of methoxy groups -OCH3 is 1. The van der Waals surface area contributed by atoms with E-state index < -0.39 is 5.97 Å².